The van der Waals surface area contributed by atoms with Gasteiger partial charge in [0, 0.05) is 42.3 Å². The molecule has 3 aromatic carbocycles. The highest BCUT2D eigenvalue weighted by molar-refractivity contribution is 7.99. The van der Waals surface area contributed by atoms with Crippen LogP contribution in [0.3, 0.4) is 0 Å². The Morgan fingerprint density at radius 3 is 2.34 bits per heavy atom. The Hall–Kier alpha value is -3.78. The van der Waals surface area contributed by atoms with Gasteiger partial charge in [-0.05, 0) is 59.0 Å². The standard InChI is InChI=1S/C36H47N5O2S/c1-7-8-9-10-11-22-43-32-24-31(21-16-28(32)25-38-30-19-12-26(13-20-30)23-33(42)37-5)44-35-40-39-34(41(35)6)27-14-17-29(18-15-27)36(2,3)4/h12-21,24,38H,7-11,22-23,25H2,1-6H3,(H,37,42). The molecule has 1 aromatic heterocycles. The first-order valence-corrected chi connectivity index (χ1v) is 16.5. The number of hydrogen-bond acceptors (Lipinski definition) is 6. The quantitative estimate of drug-likeness (QED) is 0.132. The molecular formula is C36H47N5O2S. The van der Waals surface area contributed by atoms with Gasteiger partial charge in [-0.2, -0.15) is 0 Å². The zero-order valence-corrected chi connectivity index (χ0v) is 27.9. The van der Waals surface area contributed by atoms with Crippen molar-refractivity contribution >= 4 is 23.4 Å². The minimum Gasteiger partial charge on any atom is -0.493 e. The zero-order chi connectivity index (χ0) is 31.5. The first-order chi connectivity index (χ1) is 21.2. The van der Waals surface area contributed by atoms with Crippen LogP contribution in [-0.2, 0) is 30.2 Å². The second kappa shape index (κ2) is 15.8. The van der Waals surface area contributed by atoms with Gasteiger partial charge in [0.2, 0.25) is 5.91 Å². The van der Waals surface area contributed by atoms with Gasteiger partial charge in [0.05, 0.1) is 13.0 Å². The van der Waals surface area contributed by atoms with Crippen molar-refractivity contribution in [3.63, 3.8) is 0 Å². The first-order valence-electron chi connectivity index (χ1n) is 15.6. The van der Waals surface area contributed by atoms with Gasteiger partial charge in [-0.25, -0.2) is 0 Å². The molecule has 0 fully saturated rings. The van der Waals surface area contributed by atoms with Gasteiger partial charge < -0.3 is 19.9 Å². The van der Waals surface area contributed by atoms with Crippen molar-refractivity contribution in [2.45, 2.75) is 88.2 Å². The van der Waals surface area contributed by atoms with Crippen molar-refractivity contribution in [2.24, 2.45) is 7.05 Å². The average Bonchev–Trinajstić information content (AvgIpc) is 3.38. The van der Waals surface area contributed by atoms with Gasteiger partial charge >= 0.3 is 0 Å². The van der Waals surface area contributed by atoms with E-state index in [2.05, 4.69) is 91.0 Å². The number of carbonyl (C=O) groups excluding carboxylic acids is 1. The number of rotatable bonds is 15. The zero-order valence-electron chi connectivity index (χ0n) is 27.1. The Morgan fingerprint density at radius 1 is 0.932 bits per heavy atom. The van der Waals surface area contributed by atoms with E-state index in [1.54, 1.807) is 18.8 Å². The number of anilines is 1. The van der Waals surface area contributed by atoms with E-state index in [-0.39, 0.29) is 11.3 Å². The highest BCUT2D eigenvalue weighted by Crippen LogP contribution is 2.33. The number of unbranched alkanes of at least 4 members (excludes halogenated alkanes) is 4. The average molecular weight is 614 g/mol. The summed E-state index contributed by atoms with van der Waals surface area (Å²) in [4.78, 5) is 12.7. The lowest BCUT2D eigenvalue weighted by molar-refractivity contribution is -0.119. The maximum absolute atomic E-state index is 11.7. The van der Waals surface area contributed by atoms with E-state index in [0.29, 0.717) is 19.6 Å². The fourth-order valence-corrected chi connectivity index (χ4v) is 5.68. The van der Waals surface area contributed by atoms with Crippen LogP contribution < -0.4 is 15.4 Å². The maximum Gasteiger partial charge on any atom is 0.224 e. The third-order valence-electron chi connectivity index (χ3n) is 7.68. The predicted octanol–water partition coefficient (Wildman–Crippen LogP) is 8.18. The number of benzene rings is 3. The van der Waals surface area contributed by atoms with Crippen LogP contribution in [0, 0.1) is 0 Å². The van der Waals surface area contributed by atoms with Crippen molar-refractivity contribution in [1.29, 1.82) is 0 Å². The second-order valence-corrected chi connectivity index (χ2v) is 13.3. The van der Waals surface area contributed by atoms with E-state index >= 15 is 0 Å². The Balaban J connectivity index is 1.47. The Morgan fingerprint density at radius 2 is 1.66 bits per heavy atom. The molecule has 4 rings (SSSR count). The van der Waals surface area contributed by atoms with E-state index in [1.165, 1.54) is 31.2 Å². The normalized spacial score (nSPS) is 11.4. The van der Waals surface area contributed by atoms with Crippen LogP contribution in [0.2, 0.25) is 0 Å². The fourth-order valence-electron chi connectivity index (χ4n) is 4.86. The van der Waals surface area contributed by atoms with Gasteiger partial charge in [0.1, 0.15) is 5.75 Å². The Labute approximate surface area is 267 Å². The summed E-state index contributed by atoms with van der Waals surface area (Å²) in [6, 6.07) is 23.0. The van der Waals surface area contributed by atoms with E-state index in [0.717, 1.165) is 50.4 Å². The smallest absolute Gasteiger partial charge is 0.224 e. The van der Waals surface area contributed by atoms with Crippen molar-refractivity contribution < 1.29 is 9.53 Å². The van der Waals surface area contributed by atoms with Crippen molar-refractivity contribution in [3.8, 4) is 17.1 Å². The SMILES string of the molecule is CCCCCCCOc1cc(Sc2nnc(-c3ccc(C(C)(C)C)cc3)n2C)ccc1CNc1ccc(CC(=O)NC)cc1. The summed E-state index contributed by atoms with van der Waals surface area (Å²) in [5, 5.41) is 16.0. The Bertz CT molecular complexity index is 1490. The summed E-state index contributed by atoms with van der Waals surface area (Å²) in [6.45, 7) is 10.2. The molecule has 4 aromatic rings. The van der Waals surface area contributed by atoms with E-state index < -0.39 is 0 Å². The van der Waals surface area contributed by atoms with Crippen molar-refractivity contribution in [3.05, 3.63) is 83.4 Å². The highest BCUT2D eigenvalue weighted by atomic mass is 32.2. The van der Waals surface area contributed by atoms with Crippen LogP contribution in [-0.4, -0.2) is 34.3 Å². The van der Waals surface area contributed by atoms with E-state index in [4.69, 9.17) is 4.74 Å². The minimum atomic E-state index is 0.00690. The lowest BCUT2D eigenvalue weighted by Gasteiger charge is -2.19. The van der Waals surface area contributed by atoms with Crippen molar-refractivity contribution in [1.82, 2.24) is 20.1 Å². The topological polar surface area (TPSA) is 81.1 Å². The van der Waals surface area contributed by atoms with Crippen LogP contribution in [0.5, 0.6) is 5.75 Å². The third-order valence-corrected chi connectivity index (χ3v) is 8.71. The number of amides is 1. The molecule has 7 nitrogen and oxygen atoms in total. The monoisotopic (exact) mass is 613 g/mol. The number of nitrogens with one attached hydrogen (secondary N) is 2. The van der Waals surface area contributed by atoms with Crippen molar-refractivity contribution in [2.75, 3.05) is 19.0 Å². The minimum absolute atomic E-state index is 0.00690. The number of aromatic nitrogens is 3. The maximum atomic E-state index is 11.7. The van der Waals surface area contributed by atoms with Crippen LogP contribution in [0.1, 0.15) is 76.5 Å². The molecule has 0 aliphatic heterocycles. The molecule has 0 aliphatic carbocycles. The van der Waals surface area contributed by atoms with Gasteiger partial charge in [0.15, 0.2) is 11.0 Å². The number of carbonyl (C=O) groups is 1. The largest absolute Gasteiger partial charge is 0.493 e. The summed E-state index contributed by atoms with van der Waals surface area (Å²) in [5.74, 6) is 1.74. The summed E-state index contributed by atoms with van der Waals surface area (Å²) in [5.41, 5.74) is 5.52. The molecule has 0 aliphatic rings. The second-order valence-electron chi connectivity index (χ2n) is 12.2. The van der Waals surface area contributed by atoms with E-state index in [9.17, 15) is 4.79 Å². The van der Waals surface area contributed by atoms with Crippen LogP contribution in [0.15, 0.2) is 76.8 Å². The lowest BCUT2D eigenvalue weighted by Crippen LogP contribution is -2.19. The molecule has 8 heteroatoms. The molecule has 1 amide bonds. The summed E-state index contributed by atoms with van der Waals surface area (Å²) in [7, 11) is 3.67. The molecule has 1 heterocycles. The molecule has 0 radical (unpaired) electrons. The van der Waals surface area contributed by atoms with E-state index in [1.807, 2.05) is 35.9 Å². The van der Waals surface area contributed by atoms with Crippen LogP contribution in [0.4, 0.5) is 5.69 Å². The molecule has 2 N–H and O–H groups in total. The van der Waals surface area contributed by atoms with Gasteiger partial charge in [-0.3, -0.25) is 4.79 Å². The number of likely N-dealkylation sites (N-methyl/N-ethyl adjacent to an activating group) is 1. The molecule has 0 saturated carbocycles. The molecule has 44 heavy (non-hydrogen) atoms. The molecule has 0 atom stereocenters. The Kier molecular flexibility index (Phi) is 11.9. The van der Waals surface area contributed by atoms with Gasteiger partial charge in [-0.15, -0.1) is 10.2 Å². The van der Waals surface area contributed by atoms with Crippen LogP contribution in [0.25, 0.3) is 11.4 Å². The fraction of sp³-hybridized carbons (Fsp3) is 0.417. The van der Waals surface area contributed by atoms with Gasteiger partial charge in [0.25, 0.3) is 0 Å². The molecule has 0 unspecified atom stereocenters. The number of nitrogens with zero attached hydrogens (tertiary/aromatic N) is 3. The van der Waals surface area contributed by atoms with Crippen LogP contribution >= 0.6 is 11.8 Å². The predicted molar refractivity (Wildman–Crippen MR) is 181 cm³/mol. The first kappa shape index (κ1) is 33.1. The van der Waals surface area contributed by atoms with Gasteiger partial charge in [-0.1, -0.05) is 95.8 Å². The summed E-state index contributed by atoms with van der Waals surface area (Å²) in [6.07, 6.45) is 6.34. The molecule has 0 saturated heterocycles. The summed E-state index contributed by atoms with van der Waals surface area (Å²) < 4.78 is 8.41. The molecule has 0 bridgehead atoms. The molecule has 234 valence electrons. The lowest BCUT2D eigenvalue weighted by atomic mass is 9.87. The third kappa shape index (κ3) is 9.36. The number of ether oxygens (including phenoxy) is 1. The molecule has 0 spiro atoms. The summed E-state index contributed by atoms with van der Waals surface area (Å²) >= 11 is 1.59. The molecular weight excluding hydrogens is 566 g/mol. The highest BCUT2D eigenvalue weighted by Gasteiger charge is 2.17. The number of hydrogen-bond donors (Lipinski definition) is 2.